The number of carbonyl (C=O) groups excluding carboxylic acids is 2. The van der Waals surface area contributed by atoms with Crippen molar-refractivity contribution in [1.29, 1.82) is 0 Å². The molecule has 0 bridgehead atoms. The van der Waals surface area contributed by atoms with Gasteiger partial charge in [0.2, 0.25) is 5.91 Å². The fraction of sp³-hybridized carbons (Fsp3) is 0.692. The molecule has 0 radical (unpaired) electrons. The van der Waals surface area contributed by atoms with Gasteiger partial charge in [0, 0.05) is 12.6 Å². The molecule has 1 atom stereocenters. The normalized spacial score (nSPS) is 30.8. The highest BCUT2D eigenvalue weighted by Crippen LogP contribution is 2.45. The van der Waals surface area contributed by atoms with E-state index in [-0.39, 0.29) is 23.9 Å². The SMILES string of the molecule is CC1CN(C2=CC(=O)OC2)C(=O)C12CCNCC2. The van der Waals surface area contributed by atoms with E-state index < -0.39 is 0 Å². The Morgan fingerprint density at radius 2 is 2.11 bits per heavy atom. The van der Waals surface area contributed by atoms with E-state index in [2.05, 4.69) is 12.2 Å². The second-order valence-corrected chi connectivity index (χ2v) is 5.47. The van der Waals surface area contributed by atoms with Crippen LogP contribution in [0.3, 0.4) is 0 Å². The van der Waals surface area contributed by atoms with E-state index in [0.29, 0.717) is 12.5 Å². The Hall–Kier alpha value is -1.36. The Morgan fingerprint density at radius 1 is 1.39 bits per heavy atom. The largest absolute Gasteiger partial charge is 0.456 e. The van der Waals surface area contributed by atoms with E-state index in [9.17, 15) is 9.59 Å². The summed E-state index contributed by atoms with van der Waals surface area (Å²) in [5.74, 6) is 0.182. The highest BCUT2D eigenvalue weighted by molar-refractivity contribution is 5.91. The van der Waals surface area contributed by atoms with Crippen LogP contribution in [0.2, 0.25) is 0 Å². The number of hydrogen-bond donors (Lipinski definition) is 1. The van der Waals surface area contributed by atoms with Crippen molar-refractivity contribution in [2.75, 3.05) is 26.2 Å². The fourth-order valence-electron chi connectivity index (χ4n) is 3.36. The lowest BCUT2D eigenvalue weighted by molar-refractivity contribution is -0.138. The third-order valence-corrected chi connectivity index (χ3v) is 4.56. The third kappa shape index (κ3) is 1.57. The van der Waals surface area contributed by atoms with Gasteiger partial charge in [-0.3, -0.25) is 4.79 Å². The molecule has 0 aromatic heterocycles. The van der Waals surface area contributed by atoms with Gasteiger partial charge in [-0.15, -0.1) is 0 Å². The molecule has 0 aliphatic carbocycles. The van der Waals surface area contributed by atoms with Crippen LogP contribution in [-0.2, 0) is 14.3 Å². The number of rotatable bonds is 1. The number of amides is 1. The Labute approximate surface area is 106 Å². The molecular formula is C13H18N2O3. The summed E-state index contributed by atoms with van der Waals surface area (Å²) >= 11 is 0. The second kappa shape index (κ2) is 4.09. The van der Waals surface area contributed by atoms with E-state index >= 15 is 0 Å². The number of nitrogens with zero attached hydrogens (tertiary/aromatic N) is 1. The Kier molecular flexibility index (Phi) is 2.66. The van der Waals surface area contributed by atoms with Gasteiger partial charge < -0.3 is 15.0 Å². The topological polar surface area (TPSA) is 58.6 Å². The first-order valence-corrected chi connectivity index (χ1v) is 6.53. The van der Waals surface area contributed by atoms with Gasteiger partial charge >= 0.3 is 5.97 Å². The van der Waals surface area contributed by atoms with Gasteiger partial charge in [0.25, 0.3) is 0 Å². The van der Waals surface area contributed by atoms with Crippen molar-refractivity contribution in [1.82, 2.24) is 10.2 Å². The number of likely N-dealkylation sites (tertiary alicyclic amines) is 1. The zero-order valence-corrected chi connectivity index (χ0v) is 10.6. The minimum atomic E-state index is -0.336. The highest BCUT2D eigenvalue weighted by atomic mass is 16.5. The number of nitrogens with one attached hydrogen (secondary N) is 1. The molecule has 5 heteroatoms. The van der Waals surface area contributed by atoms with E-state index in [0.717, 1.165) is 31.6 Å². The standard InChI is InChI=1S/C13H18N2O3/c1-9-7-15(10-6-11(16)18-8-10)12(17)13(9)2-4-14-5-3-13/h6,9,14H,2-5,7-8H2,1H3. The maximum Gasteiger partial charge on any atom is 0.333 e. The van der Waals surface area contributed by atoms with Crippen LogP contribution in [0.4, 0.5) is 0 Å². The zero-order valence-electron chi connectivity index (χ0n) is 10.6. The Bertz CT molecular complexity index is 424. The van der Waals surface area contributed by atoms with E-state index in [1.54, 1.807) is 4.90 Å². The molecule has 1 unspecified atom stereocenters. The Morgan fingerprint density at radius 3 is 2.72 bits per heavy atom. The minimum absolute atomic E-state index is 0.182. The molecule has 3 aliphatic rings. The number of piperidine rings is 1. The first-order chi connectivity index (χ1) is 8.63. The molecule has 2 fully saturated rings. The van der Waals surface area contributed by atoms with Gasteiger partial charge in [0.15, 0.2) is 0 Å². The van der Waals surface area contributed by atoms with Gasteiger partial charge in [-0.1, -0.05) is 6.92 Å². The molecule has 1 spiro atoms. The second-order valence-electron chi connectivity index (χ2n) is 5.47. The molecule has 3 heterocycles. The van der Waals surface area contributed by atoms with Gasteiger partial charge in [0.1, 0.15) is 6.61 Å². The van der Waals surface area contributed by atoms with Crippen LogP contribution >= 0.6 is 0 Å². The molecule has 3 aliphatic heterocycles. The lowest BCUT2D eigenvalue weighted by atomic mass is 9.71. The summed E-state index contributed by atoms with van der Waals surface area (Å²) < 4.78 is 4.90. The molecule has 1 N–H and O–H groups in total. The smallest absolute Gasteiger partial charge is 0.333 e. The fourth-order valence-corrected chi connectivity index (χ4v) is 3.36. The molecule has 0 aromatic rings. The van der Waals surface area contributed by atoms with Gasteiger partial charge in [0.05, 0.1) is 11.1 Å². The summed E-state index contributed by atoms with van der Waals surface area (Å²) in [5, 5.41) is 3.30. The summed E-state index contributed by atoms with van der Waals surface area (Å²) in [6.45, 7) is 4.89. The van der Waals surface area contributed by atoms with Crippen molar-refractivity contribution in [3.8, 4) is 0 Å². The first-order valence-electron chi connectivity index (χ1n) is 6.53. The van der Waals surface area contributed by atoms with Crippen molar-refractivity contribution >= 4 is 11.9 Å². The summed E-state index contributed by atoms with van der Waals surface area (Å²) in [6.07, 6.45) is 3.24. The van der Waals surface area contributed by atoms with Gasteiger partial charge in [-0.05, 0) is 31.8 Å². The van der Waals surface area contributed by atoms with E-state index in [1.165, 1.54) is 6.08 Å². The average molecular weight is 250 g/mol. The van der Waals surface area contributed by atoms with Crippen LogP contribution < -0.4 is 5.32 Å². The number of cyclic esters (lactones) is 1. The number of ether oxygens (including phenoxy) is 1. The average Bonchev–Trinajstić information content (AvgIpc) is 2.89. The molecule has 0 aromatic carbocycles. The lowest BCUT2D eigenvalue weighted by Crippen LogP contribution is -2.44. The predicted molar refractivity (Wildman–Crippen MR) is 64.5 cm³/mol. The zero-order chi connectivity index (χ0) is 12.8. The van der Waals surface area contributed by atoms with Crippen LogP contribution in [0.15, 0.2) is 11.8 Å². The predicted octanol–water partition coefficient (Wildman–Crippen LogP) is 0.275. The molecule has 2 saturated heterocycles. The number of hydrogen-bond acceptors (Lipinski definition) is 4. The first kappa shape index (κ1) is 11.7. The molecule has 98 valence electrons. The summed E-state index contributed by atoms with van der Waals surface area (Å²) in [5.41, 5.74) is 0.504. The molecular weight excluding hydrogens is 232 g/mol. The van der Waals surface area contributed by atoms with Crippen molar-refractivity contribution in [3.63, 3.8) is 0 Å². The van der Waals surface area contributed by atoms with Crippen LogP contribution in [0.25, 0.3) is 0 Å². The molecule has 18 heavy (non-hydrogen) atoms. The lowest BCUT2D eigenvalue weighted by Gasteiger charge is -2.35. The maximum absolute atomic E-state index is 12.7. The van der Waals surface area contributed by atoms with Crippen LogP contribution in [0, 0.1) is 11.3 Å². The summed E-state index contributed by atoms with van der Waals surface area (Å²) in [7, 11) is 0. The molecule has 5 nitrogen and oxygen atoms in total. The number of esters is 1. The van der Waals surface area contributed by atoms with Gasteiger partial charge in [-0.25, -0.2) is 4.79 Å². The van der Waals surface area contributed by atoms with Crippen LogP contribution in [0.1, 0.15) is 19.8 Å². The maximum atomic E-state index is 12.7. The Balaban J connectivity index is 1.86. The number of carbonyl (C=O) groups is 2. The van der Waals surface area contributed by atoms with E-state index in [1.807, 2.05) is 0 Å². The summed E-state index contributed by atoms with van der Waals surface area (Å²) in [6, 6.07) is 0. The minimum Gasteiger partial charge on any atom is -0.456 e. The van der Waals surface area contributed by atoms with Crippen molar-refractivity contribution in [2.24, 2.45) is 11.3 Å². The third-order valence-electron chi connectivity index (χ3n) is 4.56. The van der Waals surface area contributed by atoms with Crippen molar-refractivity contribution < 1.29 is 14.3 Å². The van der Waals surface area contributed by atoms with Crippen molar-refractivity contribution in [3.05, 3.63) is 11.8 Å². The van der Waals surface area contributed by atoms with Gasteiger partial charge in [-0.2, -0.15) is 0 Å². The van der Waals surface area contributed by atoms with E-state index in [4.69, 9.17) is 4.74 Å². The highest BCUT2D eigenvalue weighted by Gasteiger charge is 2.53. The molecule has 3 rings (SSSR count). The van der Waals surface area contributed by atoms with Crippen LogP contribution in [0.5, 0.6) is 0 Å². The monoisotopic (exact) mass is 250 g/mol. The molecule has 1 amide bonds. The van der Waals surface area contributed by atoms with Crippen molar-refractivity contribution in [2.45, 2.75) is 19.8 Å². The van der Waals surface area contributed by atoms with Crippen LogP contribution in [-0.4, -0.2) is 43.0 Å². The molecule has 0 saturated carbocycles. The summed E-state index contributed by atoms with van der Waals surface area (Å²) in [4.78, 5) is 25.6. The quantitative estimate of drug-likeness (QED) is 0.679.